The quantitative estimate of drug-likeness (QED) is 0.528. The van der Waals surface area contributed by atoms with Gasteiger partial charge in [-0.1, -0.05) is 13.8 Å². The van der Waals surface area contributed by atoms with Gasteiger partial charge in [0.05, 0.1) is 4.92 Å². The van der Waals surface area contributed by atoms with Crippen LogP contribution in [0.5, 0.6) is 0 Å². The normalized spacial score (nSPS) is 10.6. The SMILES string of the molecule is CCCN(CC)CCNc1nc(C(=O)O)ccc1[N+](=O)[O-]. The zero-order valence-electron chi connectivity index (χ0n) is 12.2. The lowest BCUT2D eigenvalue weighted by Gasteiger charge is -2.19. The number of nitrogens with one attached hydrogen (secondary N) is 1. The Morgan fingerprint density at radius 3 is 2.67 bits per heavy atom. The van der Waals surface area contributed by atoms with Crippen molar-refractivity contribution in [3.05, 3.63) is 27.9 Å². The zero-order valence-corrected chi connectivity index (χ0v) is 12.2. The van der Waals surface area contributed by atoms with Gasteiger partial charge in [0.25, 0.3) is 0 Å². The number of carboxylic acids is 1. The number of aromatic nitrogens is 1. The molecule has 0 aromatic carbocycles. The second-order valence-electron chi connectivity index (χ2n) is 4.49. The van der Waals surface area contributed by atoms with Crippen LogP contribution in [0, 0.1) is 10.1 Å². The Morgan fingerprint density at radius 2 is 2.14 bits per heavy atom. The van der Waals surface area contributed by atoms with E-state index in [4.69, 9.17) is 5.11 Å². The molecule has 0 radical (unpaired) electrons. The highest BCUT2D eigenvalue weighted by molar-refractivity contribution is 5.86. The molecule has 0 aliphatic heterocycles. The van der Waals surface area contributed by atoms with Crippen molar-refractivity contribution in [2.24, 2.45) is 0 Å². The summed E-state index contributed by atoms with van der Waals surface area (Å²) in [5, 5.41) is 22.7. The molecule has 1 aromatic rings. The number of hydrogen-bond donors (Lipinski definition) is 2. The van der Waals surface area contributed by atoms with E-state index in [9.17, 15) is 14.9 Å². The van der Waals surface area contributed by atoms with E-state index in [0.29, 0.717) is 13.1 Å². The van der Waals surface area contributed by atoms with Crippen LogP contribution >= 0.6 is 0 Å². The molecule has 0 aliphatic rings. The predicted octanol–water partition coefficient (Wildman–Crippen LogP) is 1.83. The number of nitro groups is 1. The van der Waals surface area contributed by atoms with Gasteiger partial charge in [0, 0.05) is 19.2 Å². The fourth-order valence-corrected chi connectivity index (χ4v) is 1.92. The van der Waals surface area contributed by atoms with Crippen molar-refractivity contribution in [2.75, 3.05) is 31.5 Å². The Hall–Kier alpha value is -2.22. The molecular weight excluding hydrogens is 276 g/mol. The van der Waals surface area contributed by atoms with Gasteiger partial charge in [0.15, 0.2) is 5.69 Å². The van der Waals surface area contributed by atoms with Gasteiger partial charge >= 0.3 is 11.7 Å². The van der Waals surface area contributed by atoms with Crippen molar-refractivity contribution in [2.45, 2.75) is 20.3 Å². The number of rotatable bonds is 9. The third-order valence-electron chi connectivity index (χ3n) is 3.00. The smallest absolute Gasteiger partial charge is 0.354 e. The molecule has 8 heteroatoms. The standard InChI is InChI=1S/C13H20N4O4/c1-3-8-16(4-2)9-7-14-12-11(17(20)21)6-5-10(15-12)13(18)19/h5-6H,3-4,7-9H2,1-2H3,(H,14,15)(H,18,19). The summed E-state index contributed by atoms with van der Waals surface area (Å²) in [5.74, 6) is -1.22. The number of carbonyl (C=O) groups is 1. The summed E-state index contributed by atoms with van der Waals surface area (Å²) < 4.78 is 0. The van der Waals surface area contributed by atoms with Gasteiger partial charge in [-0.15, -0.1) is 0 Å². The second-order valence-corrected chi connectivity index (χ2v) is 4.49. The van der Waals surface area contributed by atoms with Gasteiger partial charge < -0.3 is 15.3 Å². The first-order valence-electron chi connectivity index (χ1n) is 6.84. The second kappa shape index (κ2) is 8.15. The fourth-order valence-electron chi connectivity index (χ4n) is 1.92. The summed E-state index contributed by atoms with van der Waals surface area (Å²) in [5.41, 5.74) is -0.442. The van der Waals surface area contributed by atoms with E-state index in [-0.39, 0.29) is 17.2 Å². The summed E-state index contributed by atoms with van der Waals surface area (Å²) in [6.45, 7) is 7.13. The van der Waals surface area contributed by atoms with E-state index in [0.717, 1.165) is 31.6 Å². The summed E-state index contributed by atoms with van der Waals surface area (Å²) in [6, 6.07) is 2.28. The average molecular weight is 296 g/mol. The molecule has 1 rings (SSSR count). The number of nitrogens with zero attached hydrogens (tertiary/aromatic N) is 3. The van der Waals surface area contributed by atoms with Crippen LogP contribution in [0.3, 0.4) is 0 Å². The molecule has 0 aliphatic carbocycles. The lowest BCUT2D eigenvalue weighted by molar-refractivity contribution is -0.384. The largest absolute Gasteiger partial charge is 0.477 e. The minimum Gasteiger partial charge on any atom is -0.477 e. The molecule has 0 unspecified atom stereocenters. The van der Waals surface area contributed by atoms with Crippen LogP contribution in [-0.4, -0.2) is 52.1 Å². The molecule has 116 valence electrons. The highest BCUT2D eigenvalue weighted by Crippen LogP contribution is 2.21. The lowest BCUT2D eigenvalue weighted by Crippen LogP contribution is -2.30. The monoisotopic (exact) mass is 296 g/mol. The Balaban J connectivity index is 2.78. The maximum atomic E-state index is 10.9. The number of likely N-dealkylation sites (N-methyl/N-ethyl adjacent to an activating group) is 1. The molecule has 0 atom stereocenters. The Kier molecular flexibility index (Phi) is 6.54. The highest BCUT2D eigenvalue weighted by atomic mass is 16.6. The van der Waals surface area contributed by atoms with Gasteiger partial charge in [-0.05, 0) is 25.6 Å². The molecular formula is C13H20N4O4. The van der Waals surface area contributed by atoms with E-state index in [1.54, 1.807) is 0 Å². The molecule has 0 saturated carbocycles. The first-order valence-corrected chi connectivity index (χ1v) is 6.84. The molecule has 1 aromatic heterocycles. The number of carboxylic acid groups (broad SMARTS) is 1. The summed E-state index contributed by atoms with van der Waals surface area (Å²) in [4.78, 5) is 27.2. The van der Waals surface area contributed by atoms with E-state index in [1.165, 1.54) is 0 Å². The van der Waals surface area contributed by atoms with Gasteiger partial charge in [-0.25, -0.2) is 9.78 Å². The molecule has 1 heterocycles. The van der Waals surface area contributed by atoms with Crippen LogP contribution < -0.4 is 5.32 Å². The molecule has 2 N–H and O–H groups in total. The summed E-state index contributed by atoms with van der Waals surface area (Å²) in [7, 11) is 0. The van der Waals surface area contributed by atoms with Crippen LogP contribution in [0.1, 0.15) is 30.8 Å². The Labute approximate surface area is 122 Å². The molecule has 0 amide bonds. The molecule has 0 bridgehead atoms. The number of pyridine rings is 1. The third-order valence-corrected chi connectivity index (χ3v) is 3.00. The number of anilines is 1. The van der Waals surface area contributed by atoms with Crippen LogP contribution in [0.15, 0.2) is 12.1 Å². The van der Waals surface area contributed by atoms with Crippen LogP contribution in [0.4, 0.5) is 11.5 Å². The molecule has 0 saturated heterocycles. The van der Waals surface area contributed by atoms with Crippen molar-refractivity contribution >= 4 is 17.5 Å². The maximum Gasteiger partial charge on any atom is 0.354 e. The minimum atomic E-state index is -1.21. The molecule has 0 fully saturated rings. The average Bonchev–Trinajstić information content (AvgIpc) is 2.45. The van der Waals surface area contributed by atoms with Crippen LogP contribution in [0.2, 0.25) is 0 Å². The van der Waals surface area contributed by atoms with Crippen LogP contribution in [0.25, 0.3) is 0 Å². The highest BCUT2D eigenvalue weighted by Gasteiger charge is 2.18. The van der Waals surface area contributed by atoms with Crippen molar-refractivity contribution in [3.63, 3.8) is 0 Å². The summed E-state index contributed by atoms with van der Waals surface area (Å²) >= 11 is 0. The fraction of sp³-hybridized carbons (Fsp3) is 0.538. The molecule has 8 nitrogen and oxygen atoms in total. The van der Waals surface area contributed by atoms with Crippen molar-refractivity contribution in [3.8, 4) is 0 Å². The van der Waals surface area contributed by atoms with Gasteiger partial charge in [-0.3, -0.25) is 10.1 Å². The first kappa shape index (κ1) is 16.8. The van der Waals surface area contributed by atoms with E-state index in [1.807, 2.05) is 6.92 Å². The van der Waals surface area contributed by atoms with Crippen LogP contribution in [-0.2, 0) is 0 Å². The number of aromatic carboxylic acids is 1. The van der Waals surface area contributed by atoms with Gasteiger partial charge in [0.2, 0.25) is 5.82 Å². The predicted molar refractivity (Wildman–Crippen MR) is 78.7 cm³/mol. The Bertz CT molecular complexity index is 507. The van der Waals surface area contributed by atoms with Crippen molar-refractivity contribution in [1.29, 1.82) is 0 Å². The van der Waals surface area contributed by atoms with E-state index in [2.05, 4.69) is 22.1 Å². The Morgan fingerprint density at radius 1 is 1.43 bits per heavy atom. The van der Waals surface area contributed by atoms with Gasteiger partial charge in [0.1, 0.15) is 0 Å². The van der Waals surface area contributed by atoms with E-state index >= 15 is 0 Å². The maximum absolute atomic E-state index is 10.9. The van der Waals surface area contributed by atoms with Crippen molar-refractivity contribution < 1.29 is 14.8 Å². The lowest BCUT2D eigenvalue weighted by atomic mass is 10.3. The molecule has 0 spiro atoms. The number of hydrogen-bond acceptors (Lipinski definition) is 6. The molecule has 21 heavy (non-hydrogen) atoms. The topological polar surface area (TPSA) is 109 Å². The first-order chi connectivity index (χ1) is 9.99. The third kappa shape index (κ3) is 4.99. The van der Waals surface area contributed by atoms with Gasteiger partial charge in [-0.2, -0.15) is 0 Å². The summed E-state index contributed by atoms with van der Waals surface area (Å²) in [6.07, 6.45) is 1.03. The minimum absolute atomic E-state index is 0.00699. The van der Waals surface area contributed by atoms with E-state index < -0.39 is 10.9 Å². The zero-order chi connectivity index (χ0) is 15.8. The van der Waals surface area contributed by atoms with Crippen molar-refractivity contribution in [1.82, 2.24) is 9.88 Å².